The lowest BCUT2D eigenvalue weighted by Crippen LogP contribution is -2.34. The number of rotatable bonds is 5. The predicted octanol–water partition coefficient (Wildman–Crippen LogP) is 3.33. The van der Waals surface area contributed by atoms with E-state index in [0.717, 1.165) is 5.56 Å². The van der Waals surface area contributed by atoms with Gasteiger partial charge in [-0.25, -0.2) is 0 Å². The van der Waals surface area contributed by atoms with E-state index in [4.69, 9.17) is 5.26 Å². The predicted molar refractivity (Wildman–Crippen MR) is 62.8 cm³/mol. The highest BCUT2D eigenvalue weighted by molar-refractivity contribution is 5.31. The second-order valence-corrected chi connectivity index (χ2v) is 4.13. The van der Waals surface area contributed by atoms with Crippen LogP contribution in [0.1, 0.15) is 24.5 Å². The molecule has 0 aliphatic heterocycles. The van der Waals surface area contributed by atoms with E-state index < -0.39 is 12.7 Å². The van der Waals surface area contributed by atoms with Crippen LogP contribution in [-0.2, 0) is 6.54 Å². The fraction of sp³-hybridized carbons (Fsp3) is 0.462. The topological polar surface area (TPSA) is 27.0 Å². The van der Waals surface area contributed by atoms with Gasteiger partial charge in [-0.1, -0.05) is 19.1 Å². The second-order valence-electron chi connectivity index (χ2n) is 4.13. The van der Waals surface area contributed by atoms with Gasteiger partial charge in [-0.05, 0) is 30.7 Å². The number of nitriles is 1. The Balaban J connectivity index is 2.67. The fourth-order valence-corrected chi connectivity index (χ4v) is 1.73. The molecule has 0 saturated heterocycles. The molecule has 0 bridgehead atoms. The third-order valence-corrected chi connectivity index (χ3v) is 2.43. The lowest BCUT2D eigenvalue weighted by molar-refractivity contribution is -0.147. The minimum Gasteiger partial charge on any atom is -0.291 e. The van der Waals surface area contributed by atoms with Gasteiger partial charge in [-0.15, -0.1) is 0 Å². The van der Waals surface area contributed by atoms with Gasteiger partial charge in [0, 0.05) is 6.54 Å². The first kappa shape index (κ1) is 14.5. The van der Waals surface area contributed by atoms with Gasteiger partial charge < -0.3 is 0 Å². The van der Waals surface area contributed by atoms with Gasteiger partial charge in [-0.3, -0.25) is 4.90 Å². The molecule has 0 aromatic heterocycles. The first-order valence-electron chi connectivity index (χ1n) is 5.72. The Labute approximate surface area is 105 Å². The number of hydrogen-bond acceptors (Lipinski definition) is 2. The van der Waals surface area contributed by atoms with E-state index in [1.165, 1.54) is 4.90 Å². The summed E-state index contributed by atoms with van der Waals surface area (Å²) in [6.45, 7) is 1.60. The number of hydrogen-bond donors (Lipinski definition) is 0. The van der Waals surface area contributed by atoms with Crippen LogP contribution in [0.5, 0.6) is 0 Å². The molecule has 1 aromatic carbocycles. The maximum atomic E-state index is 12.4. The van der Waals surface area contributed by atoms with Crippen LogP contribution in [-0.4, -0.2) is 24.2 Å². The van der Waals surface area contributed by atoms with Crippen molar-refractivity contribution < 1.29 is 13.2 Å². The molecule has 0 saturated carbocycles. The molecule has 0 atom stereocenters. The van der Waals surface area contributed by atoms with E-state index >= 15 is 0 Å². The van der Waals surface area contributed by atoms with Gasteiger partial charge in [0.2, 0.25) is 0 Å². The van der Waals surface area contributed by atoms with Gasteiger partial charge in [-0.2, -0.15) is 18.4 Å². The Morgan fingerprint density at radius 3 is 2.28 bits per heavy atom. The number of nitrogens with zero attached hydrogens (tertiary/aromatic N) is 2. The molecule has 1 rings (SSSR count). The van der Waals surface area contributed by atoms with Crippen LogP contribution in [0.3, 0.4) is 0 Å². The molecule has 0 spiro atoms. The Kier molecular flexibility index (Phi) is 5.17. The highest BCUT2D eigenvalue weighted by Gasteiger charge is 2.30. The largest absolute Gasteiger partial charge is 0.401 e. The molecule has 0 heterocycles. The Morgan fingerprint density at radius 2 is 1.83 bits per heavy atom. The summed E-state index contributed by atoms with van der Waals surface area (Å²) in [7, 11) is 0. The van der Waals surface area contributed by atoms with Crippen molar-refractivity contribution in [2.75, 3.05) is 13.1 Å². The van der Waals surface area contributed by atoms with Gasteiger partial charge in [0.15, 0.2) is 0 Å². The summed E-state index contributed by atoms with van der Waals surface area (Å²) in [5.41, 5.74) is 1.29. The average Bonchev–Trinajstić information content (AvgIpc) is 2.28. The van der Waals surface area contributed by atoms with Crippen molar-refractivity contribution in [1.82, 2.24) is 4.90 Å². The van der Waals surface area contributed by atoms with Crippen molar-refractivity contribution in [3.8, 4) is 6.07 Å². The maximum Gasteiger partial charge on any atom is 0.401 e. The second kappa shape index (κ2) is 6.41. The molecule has 18 heavy (non-hydrogen) atoms. The average molecular weight is 256 g/mol. The van der Waals surface area contributed by atoms with Crippen molar-refractivity contribution in [3.05, 3.63) is 35.4 Å². The lowest BCUT2D eigenvalue weighted by Gasteiger charge is -2.23. The van der Waals surface area contributed by atoms with E-state index in [-0.39, 0.29) is 6.54 Å². The van der Waals surface area contributed by atoms with Gasteiger partial charge in [0.1, 0.15) is 0 Å². The molecule has 2 nitrogen and oxygen atoms in total. The third kappa shape index (κ3) is 5.19. The quantitative estimate of drug-likeness (QED) is 0.808. The van der Waals surface area contributed by atoms with Crippen LogP contribution in [0, 0.1) is 11.3 Å². The summed E-state index contributed by atoms with van der Waals surface area (Å²) >= 11 is 0. The first-order chi connectivity index (χ1) is 8.44. The Hall–Kier alpha value is -1.54. The monoisotopic (exact) mass is 256 g/mol. The summed E-state index contributed by atoms with van der Waals surface area (Å²) in [5.74, 6) is 0. The van der Waals surface area contributed by atoms with Crippen molar-refractivity contribution in [2.24, 2.45) is 0 Å². The molecule has 5 heteroatoms. The molecule has 0 aliphatic rings. The highest BCUT2D eigenvalue weighted by Crippen LogP contribution is 2.18. The van der Waals surface area contributed by atoms with Crippen LogP contribution < -0.4 is 0 Å². The summed E-state index contributed by atoms with van der Waals surface area (Å²) in [6.07, 6.45) is -3.51. The number of benzene rings is 1. The van der Waals surface area contributed by atoms with Crippen LogP contribution in [0.15, 0.2) is 24.3 Å². The van der Waals surface area contributed by atoms with Gasteiger partial charge >= 0.3 is 6.18 Å². The minimum absolute atomic E-state index is 0.249. The molecular weight excluding hydrogens is 241 g/mol. The zero-order chi connectivity index (χ0) is 13.6. The van der Waals surface area contributed by atoms with Gasteiger partial charge in [0.25, 0.3) is 0 Å². The van der Waals surface area contributed by atoms with Crippen molar-refractivity contribution in [1.29, 1.82) is 5.26 Å². The third-order valence-electron chi connectivity index (χ3n) is 2.43. The zero-order valence-electron chi connectivity index (χ0n) is 10.2. The van der Waals surface area contributed by atoms with Crippen molar-refractivity contribution >= 4 is 0 Å². The minimum atomic E-state index is -4.18. The van der Waals surface area contributed by atoms with E-state index in [0.29, 0.717) is 18.5 Å². The van der Waals surface area contributed by atoms with Crippen molar-refractivity contribution in [3.63, 3.8) is 0 Å². The van der Waals surface area contributed by atoms with E-state index in [2.05, 4.69) is 0 Å². The summed E-state index contributed by atoms with van der Waals surface area (Å²) in [5, 5.41) is 8.64. The Morgan fingerprint density at radius 1 is 1.22 bits per heavy atom. The van der Waals surface area contributed by atoms with Gasteiger partial charge in [0.05, 0.1) is 18.2 Å². The molecule has 98 valence electrons. The molecule has 0 radical (unpaired) electrons. The van der Waals surface area contributed by atoms with E-state index in [9.17, 15) is 13.2 Å². The lowest BCUT2D eigenvalue weighted by atomic mass is 10.1. The summed E-state index contributed by atoms with van der Waals surface area (Å²) in [6, 6.07) is 8.60. The highest BCUT2D eigenvalue weighted by atomic mass is 19.4. The number of halogens is 3. The number of alkyl halides is 3. The zero-order valence-corrected chi connectivity index (χ0v) is 10.2. The first-order valence-corrected chi connectivity index (χ1v) is 5.72. The van der Waals surface area contributed by atoms with E-state index in [1.54, 1.807) is 24.3 Å². The normalized spacial score (nSPS) is 11.6. The van der Waals surface area contributed by atoms with Crippen molar-refractivity contribution in [2.45, 2.75) is 26.1 Å². The smallest absolute Gasteiger partial charge is 0.291 e. The standard InChI is InChI=1S/C13H15F3N2/c1-2-7-18(10-13(14,15)16)9-12-5-3-11(8-17)4-6-12/h3-6H,2,7,9-10H2,1H3. The summed E-state index contributed by atoms with van der Waals surface area (Å²) in [4.78, 5) is 1.36. The van der Waals surface area contributed by atoms with Crippen LogP contribution >= 0.6 is 0 Å². The molecule has 0 aliphatic carbocycles. The van der Waals surface area contributed by atoms with Crippen LogP contribution in [0.2, 0.25) is 0 Å². The SMILES string of the molecule is CCCN(Cc1ccc(C#N)cc1)CC(F)(F)F. The van der Waals surface area contributed by atoms with Crippen LogP contribution in [0.4, 0.5) is 13.2 Å². The summed E-state index contributed by atoms with van der Waals surface area (Å²) < 4.78 is 37.1. The molecule has 1 aromatic rings. The maximum absolute atomic E-state index is 12.4. The van der Waals surface area contributed by atoms with E-state index in [1.807, 2.05) is 13.0 Å². The van der Waals surface area contributed by atoms with Crippen LogP contribution in [0.25, 0.3) is 0 Å². The molecule has 0 fully saturated rings. The fourth-order valence-electron chi connectivity index (χ4n) is 1.73. The molecular formula is C13H15F3N2. The molecule has 0 amide bonds. The molecule has 0 unspecified atom stereocenters. The molecule has 0 N–H and O–H groups in total. The Bertz CT molecular complexity index is 404.